The van der Waals surface area contributed by atoms with E-state index in [4.69, 9.17) is 5.73 Å². The minimum atomic E-state index is -0.847. The molecular weight excluding hydrogens is 242 g/mol. The van der Waals surface area contributed by atoms with Crippen LogP contribution < -0.4 is 11.1 Å². The third kappa shape index (κ3) is 5.59. The Bertz CT molecular complexity index is 288. The Morgan fingerprint density at radius 2 is 1.68 bits per heavy atom. The summed E-state index contributed by atoms with van der Waals surface area (Å²) in [5.41, 5.74) is 5.28. The highest BCUT2D eigenvalue weighted by Gasteiger charge is 2.34. The molecule has 2 amide bonds. The molecule has 0 saturated heterocycles. The molecule has 0 bridgehead atoms. The maximum Gasteiger partial charge on any atom is 0.243 e. The van der Waals surface area contributed by atoms with Crippen molar-refractivity contribution in [2.75, 3.05) is 19.6 Å². The molecule has 0 aliphatic rings. The van der Waals surface area contributed by atoms with Crippen molar-refractivity contribution >= 4 is 11.8 Å². The van der Waals surface area contributed by atoms with Gasteiger partial charge in [0.25, 0.3) is 0 Å². The summed E-state index contributed by atoms with van der Waals surface area (Å²) < 4.78 is 0. The molecule has 19 heavy (non-hydrogen) atoms. The number of hydrogen-bond donors (Lipinski definition) is 2. The molecule has 0 aromatic rings. The van der Waals surface area contributed by atoms with Gasteiger partial charge in [-0.05, 0) is 25.7 Å². The first-order chi connectivity index (χ1) is 8.95. The lowest BCUT2D eigenvalue weighted by Crippen LogP contribution is -2.56. The molecular formula is C14H29N3O2. The van der Waals surface area contributed by atoms with Crippen LogP contribution in [0.1, 0.15) is 53.4 Å². The van der Waals surface area contributed by atoms with E-state index in [1.54, 1.807) is 4.90 Å². The topological polar surface area (TPSA) is 75.4 Å². The maximum atomic E-state index is 12.4. The van der Waals surface area contributed by atoms with Crippen molar-refractivity contribution in [2.45, 2.75) is 58.9 Å². The van der Waals surface area contributed by atoms with Gasteiger partial charge in [0.15, 0.2) is 0 Å². The fraction of sp³-hybridized carbons (Fsp3) is 0.857. The van der Waals surface area contributed by atoms with Gasteiger partial charge in [-0.15, -0.1) is 0 Å². The van der Waals surface area contributed by atoms with Crippen LogP contribution in [0.2, 0.25) is 0 Å². The molecule has 0 unspecified atom stereocenters. The molecule has 112 valence electrons. The van der Waals surface area contributed by atoms with Crippen LogP contribution >= 0.6 is 0 Å². The molecule has 0 atom stereocenters. The summed E-state index contributed by atoms with van der Waals surface area (Å²) >= 11 is 0. The summed E-state index contributed by atoms with van der Waals surface area (Å²) in [5.74, 6) is -0.232. The number of carbonyl (C=O) groups excluding carboxylic acids is 2. The predicted octanol–water partition coefficient (Wildman–Crippen LogP) is 1.27. The summed E-state index contributed by atoms with van der Waals surface area (Å²) in [7, 11) is 0. The van der Waals surface area contributed by atoms with Gasteiger partial charge < -0.3 is 16.0 Å². The van der Waals surface area contributed by atoms with Gasteiger partial charge >= 0.3 is 0 Å². The van der Waals surface area contributed by atoms with Crippen molar-refractivity contribution in [2.24, 2.45) is 5.73 Å². The zero-order chi connectivity index (χ0) is 14.9. The van der Waals surface area contributed by atoms with Gasteiger partial charge in [0.2, 0.25) is 11.8 Å². The Morgan fingerprint density at radius 1 is 1.11 bits per heavy atom. The van der Waals surface area contributed by atoms with Crippen LogP contribution in [-0.4, -0.2) is 41.9 Å². The Kier molecular flexibility index (Phi) is 8.39. The first kappa shape index (κ1) is 17.9. The van der Waals surface area contributed by atoms with E-state index in [9.17, 15) is 9.59 Å². The fourth-order valence-corrected chi connectivity index (χ4v) is 1.88. The number of carbonyl (C=O) groups is 2. The monoisotopic (exact) mass is 271 g/mol. The van der Waals surface area contributed by atoms with E-state index in [-0.39, 0.29) is 18.4 Å². The van der Waals surface area contributed by atoms with Crippen LogP contribution in [0.4, 0.5) is 0 Å². The summed E-state index contributed by atoms with van der Waals surface area (Å²) in [4.78, 5) is 25.8. The molecule has 0 saturated carbocycles. The van der Waals surface area contributed by atoms with Gasteiger partial charge in [0, 0.05) is 13.1 Å². The number of nitrogens with zero attached hydrogens (tertiary/aromatic N) is 1. The summed E-state index contributed by atoms with van der Waals surface area (Å²) in [6.07, 6.45) is 2.87. The van der Waals surface area contributed by atoms with Crippen LogP contribution in [0.15, 0.2) is 0 Å². The molecule has 0 spiro atoms. The summed E-state index contributed by atoms with van der Waals surface area (Å²) in [5, 5.41) is 2.79. The average molecular weight is 271 g/mol. The minimum Gasteiger partial charge on any atom is -0.355 e. The molecule has 5 nitrogen and oxygen atoms in total. The lowest BCUT2D eigenvalue weighted by Gasteiger charge is -2.32. The number of nitrogens with one attached hydrogen (secondary N) is 1. The second-order valence-electron chi connectivity index (χ2n) is 4.94. The van der Waals surface area contributed by atoms with Crippen LogP contribution in [-0.2, 0) is 9.59 Å². The van der Waals surface area contributed by atoms with Gasteiger partial charge in [-0.2, -0.15) is 0 Å². The Balaban J connectivity index is 4.71. The third-order valence-corrected chi connectivity index (χ3v) is 3.38. The Hall–Kier alpha value is -1.10. The van der Waals surface area contributed by atoms with E-state index >= 15 is 0 Å². The van der Waals surface area contributed by atoms with E-state index in [1.165, 1.54) is 0 Å². The Morgan fingerprint density at radius 3 is 2.11 bits per heavy atom. The van der Waals surface area contributed by atoms with E-state index in [2.05, 4.69) is 5.32 Å². The SMILES string of the molecule is CCCNC(=O)CN(CCC)C(=O)C(N)(CC)CC. The largest absolute Gasteiger partial charge is 0.355 e. The fourth-order valence-electron chi connectivity index (χ4n) is 1.88. The normalized spacial score (nSPS) is 11.2. The second kappa shape index (κ2) is 8.91. The molecule has 0 aromatic heterocycles. The predicted molar refractivity (Wildman–Crippen MR) is 77.7 cm³/mol. The molecule has 5 heteroatoms. The second-order valence-corrected chi connectivity index (χ2v) is 4.94. The van der Waals surface area contributed by atoms with Crippen LogP contribution in [0.25, 0.3) is 0 Å². The number of rotatable bonds is 9. The molecule has 0 heterocycles. The first-order valence-corrected chi connectivity index (χ1v) is 7.30. The number of amides is 2. The standard InChI is InChI=1S/C14H29N3O2/c1-5-9-16-12(18)11-17(10-6-2)13(19)14(15,7-3)8-4/h5-11,15H2,1-4H3,(H,16,18). The van der Waals surface area contributed by atoms with Crippen molar-refractivity contribution in [1.29, 1.82) is 0 Å². The highest BCUT2D eigenvalue weighted by molar-refractivity contribution is 5.90. The maximum absolute atomic E-state index is 12.4. The van der Waals surface area contributed by atoms with Gasteiger partial charge in [-0.25, -0.2) is 0 Å². The lowest BCUT2D eigenvalue weighted by atomic mass is 9.92. The summed E-state index contributed by atoms with van der Waals surface area (Å²) in [6.45, 7) is 9.10. The zero-order valence-corrected chi connectivity index (χ0v) is 12.8. The van der Waals surface area contributed by atoms with E-state index in [0.717, 1.165) is 12.8 Å². The van der Waals surface area contributed by atoms with E-state index < -0.39 is 5.54 Å². The number of nitrogens with two attached hydrogens (primary N) is 1. The molecule has 0 fully saturated rings. The highest BCUT2D eigenvalue weighted by atomic mass is 16.2. The highest BCUT2D eigenvalue weighted by Crippen LogP contribution is 2.15. The van der Waals surface area contributed by atoms with Gasteiger partial charge in [-0.1, -0.05) is 27.7 Å². The smallest absolute Gasteiger partial charge is 0.243 e. The van der Waals surface area contributed by atoms with Crippen LogP contribution in [0.3, 0.4) is 0 Å². The molecule has 0 aliphatic heterocycles. The van der Waals surface area contributed by atoms with Crippen LogP contribution in [0, 0.1) is 0 Å². The van der Waals surface area contributed by atoms with Gasteiger partial charge in [0.1, 0.15) is 0 Å². The zero-order valence-electron chi connectivity index (χ0n) is 12.8. The minimum absolute atomic E-state index is 0.103. The van der Waals surface area contributed by atoms with Crippen molar-refractivity contribution in [1.82, 2.24) is 10.2 Å². The van der Waals surface area contributed by atoms with E-state index in [1.807, 2.05) is 27.7 Å². The van der Waals surface area contributed by atoms with Gasteiger partial charge in [0.05, 0.1) is 12.1 Å². The molecule has 0 aromatic carbocycles. The molecule has 0 aliphatic carbocycles. The molecule has 0 rings (SSSR count). The quantitative estimate of drug-likeness (QED) is 0.663. The van der Waals surface area contributed by atoms with E-state index in [0.29, 0.717) is 25.9 Å². The van der Waals surface area contributed by atoms with Crippen LogP contribution in [0.5, 0.6) is 0 Å². The lowest BCUT2D eigenvalue weighted by molar-refractivity contribution is -0.141. The van der Waals surface area contributed by atoms with Gasteiger partial charge in [-0.3, -0.25) is 9.59 Å². The third-order valence-electron chi connectivity index (χ3n) is 3.38. The number of hydrogen-bond acceptors (Lipinski definition) is 3. The molecule has 0 radical (unpaired) electrons. The Labute approximate surface area is 116 Å². The van der Waals surface area contributed by atoms with Crippen molar-refractivity contribution < 1.29 is 9.59 Å². The average Bonchev–Trinajstić information content (AvgIpc) is 2.42. The first-order valence-electron chi connectivity index (χ1n) is 7.30. The molecule has 3 N–H and O–H groups in total. The van der Waals surface area contributed by atoms with Crippen molar-refractivity contribution in [3.63, 3.8) is 0 Å². The van der Waals surface area contributed by atoms with Crippen molar-refractivity contribution in [3.8, 4) is 0 Å². The van der Waals surface area contributed by atoms with Crippen molar-refractivity contribution in [3.05, 3.63) is 0 Å². The summed E-state index contributed by atoms with van der Waals surface area (Å²) in [6, 6.07) is 0.